The molecule has 0 aliphatic carbocycles. The lowest BCUT2D eigenvalue weighted by Gasteiger charge is -2.17. The van der Waals surface area contributed by atoms with Crippen LogP contribution in [0.1, 0.15) is 36.6 Å². The number of aryl methyl sites for hydroxylation is 2. The molecule has 13 heavy (non-hydrogen) atoms. The molecule has 1 rings (SSSR count). The third-order valence-electron chi connectivity index (χ3n) is 2.63. The average Bonchev–Trinajstić information content (AvgIpc) is 2.08. The predicted octanol–water partition coefficient (Wildman–Crippen LogP) is 2.96. The van der Waals surface area contributed by atoms with Crippen LogP contribution in [-0.2, 0) is 0 Å². The lowest BCUT2D eigenvalue weighted by Crippen LogP contribution is -2.16. The van der Waals surface area contributed by atoms with Gasteiger partial charge in [-0.25, -0.2) is 0 Å². The highest BCUT2D eigenvalue weighted by atomic mass is 14.6. The minimum atomic E-state index is 0.166. The number of benzene rings is 1. The molecule has 1 atom stereocenters. The molecule has 0 bridgehead atoms. The highest BCUT2D eigenvalue weighted by Gasteiger charge is 2.10. The van der Waals surface area contributed by atoms with Crippen molar-refractivity contribution in [2.75, 3.05) is 0 Å². The Kier molecular flexibility index (Phi) is 3.10. The van der Waals surface area contributed by atoms with Gasteiger partial charge in [-0.3, -0.25) is 0 Å². The summed E-state index contributed by atoms with van der Waals surface area (Å²) in [5.74, 6) is 0.502. The Morgan fingerprint density at radius 3 is 2.15 bits per heavy atom. The Morgan fingerprint density at radius 2 is 1.69 bits per heavy atom. The standard InChI is InChI=1S/C12H19N/c1-8(2)12(13)11-6-5-9(3)10(4)7-11/h5-8,12H,13H2,1-4H3/t12-/m0/s1. The largest absolute Gasteiger partial charge is 0.324 e. The molecular weight excluding hydrogens is 158 g/mol. The zero-order valence-electron chi connectivity index (χ0n) is 8.96. The fraction of sp³-hybridized carbons (Fsp3) is 0.500. The van der Waals surface area contributed by atoms with Gasteiger partial charge in [0.1, 0.15) is 0 Å². The summed E-state index contributed by atoms with van der Waals surface area (Å²) in [5, 5.41) is 0. The van der Waals surface area contributed by atoms with Crippen LogP contribution >= 0.6 is 0 Å². The van der Waals surface area contributed by atoms with Gasteiger partial charge in [0.15, 0.2) is 0 Å². The molecular formula is C12H19N. The fourth-order valence-electron chi connectivity index (χ4n) is 1.36. The molecule has 0 spiro atoms. The molecule has 0 heterocycles. The first kappa shape index (κ1) is 10.3. The fourth-order valence-corrected chi connectivity index (χ4v) is 1.36. The van der Waals surface area contributed by atoms with E-state index in [1.165, 1.54) is 16.7 Å². The van der Waals surface area contributed by atoms with Gasteiger partial charge < -0.3 is 5.73 Å². The van der Waals surface area contributed by atoms with Crippen LogP contribution in [0.2, 0.25) is 0 Å². The van der Waals surface area contributed by atoms with Gasteiger partial charge in [0.2, 0.25) is 0 Å². The van der Waals surface area contributed by atoms with E-state index >= 15 is 0 Å². The third-order valence-corrected chi connectivity index (χ3v) is 2.63. The number of hydrogen-bond donors (Lipinski definition) is 1. The monoisotopic (exact) mass is 177 g/mol. The molecule has 1 aromatic rings. The summed E-state index contributed by atoms with van der Waals surface area (Å²) in [6, 6.07) is 6.64. The van der Waals surface area contributed by atoms with Crippen molar-refractivity contribution in [1.29, 1.82) is 0 Å². The molecule has 72 valence electrons. The zero-order valence-corrected chi connectivity index (χ0v) is 8.96. The van der Waals surface area contributed by atoms with Gasteiger partial charge in [-0.1, -0.05) is 32.0 Å². The summed E-state index contributed by atoms with van der Waals surface area (Å²) >= 11 is 0. The first-order valence-electron chi connectivity index (χ1n) is 4.85. The highest BCUT2D eigenvalue weighted by Crippen LogP contribution is 2.20. The Bertz CT molecular complexity index is 289. The minimum Gasteiger partial charge on any atom is -0.324 e. The molecule has 0 amide bonds. The minimum absolute atomic E-state index is 0.166. The van der Waals surface area contributed by atoms with Crippen LogP contribution in [0.15, 0.2) is 18.2 Å². The van der Waals surface area contributed by atoms with Crippen molar-refractivity contribution < 1.29 is 0 Å². The van der Waals surface area contributed by atoms with Crippen LogP contribution in [0.4, 0.5) is 0 Å². The van der Waals surface area contributed by atoms with Crippen molar-refractivity contribution in [3.8, 4) is 0 Å². The van der Waals surface area contributed by atoms with E-state index in [0.29, 0.717) is 5.92 Å². The van der Waals surface area contributed by atoms with Crippen LogP contribution in [0.5, 0.6) is 0 Å². The van der Waals surface area contributed by atoms with Crippen LogP contribution < -0.4 is 5.73 Å². The highest BCUT2D eigenvalue weighted by molar-refractivity contribution is 5.31. The Hall–Kier alpha value is -0.820. The van der Waals surface area contributed by atoms with Crippen molar-refractivity contribution in [3.05, 3.63) is 34.9 Å². The van der Waals surface area contributed by atoms with E-state index in [1.807, 2.05) is 0 Å². The normalized spacial score (nSPS) is 13.4. The molecule has 1 nitrogen and oxygen atoms in total. The van der Waals surface area contributed by atoms with Gasteiger partial charge in [0.25, 0.3) is 0 Å². The predicted molar refractivity (Wildman–Crippen MR) is 57.7 cm³/mol. The second-order valence-electron chi connectivity index (χ2n) is 4.11. The van der Waals surface area contributed by atoms with Crippen molar-refractivity contribution in [1.82, 2.24) is 0 Å². The lowest BCUT2D eigenvalue weighted by atomic mass is 9.94. The van der Waals surface area contributed by atoms with Crippen molar-refractivity contribution in [2.45, 2.75) is 33.7 Å². The van der Waals surface area contributed by atoms with Crippen molar-refractivity contribution >= 4 is 0 Å². The quantitative estimate of drug-likeness (QED) is 0.738. The Balaban J connectivity index is 2.97. The molecule has 0 unspecified atom stereocenters. The average molecular weight is 177 g/mol. The van der Waals surface area contributed by atoms with Crippen LogP contribution in [0.3, 0.4) is 0 Å². The third kappa shape index (κ3) is 2.31. The van der Waals surface area contributed by atoms with E-state index < -0.39 is 0 Å². The van der Waals surface area contributed by atoms with Gasteiger partial charge in [0, 0.05) is 6.04 Å². The van der Waals surface area contributed by atoms with E-state index in [4.69, 9.17) is 5.73 Å². The van der Waals surface area contributed by atoms with E-state index in [2.05, 4.69) is 45.9 Å². The Labute approximate surface area is 81.0 Å². The molecule has 0 fully saturated rings. The van der Waals surface area contributed by atoms with Crippen LogP contribution in [0.25, 0.3) is 0 Å². The number of nitrogens with two attached hydrogens (primary N) is 1. The Morgan fingerprint density at radius 1 is 1.08 bits per heavy atom. The molecule has 0 aliphatic rings. The van der Waals surface area contributed by atoms with Crippen molar-refractivity contribution in [3.63, 3.8) is 0 Å². The molecule has 2 N–H and O–H groups in total. The maximum atomic E-state index is 6.06. The summed E-state index contributed by atoms with van der Waals surface area (Å²) < 4.78 is 0. The van der Waals surface area contributed by atoms with Gasteiger partial charge in [0.05, 0.1) is 0 Å². The SMILES string of the molecule is Cc1ccc([C@@H](N)C(C)C)cc1C. The van der Waals surface area contributed by atoms with E-state index in [-0.39, 0.29) is 6.04 Å². The van der Waals surface area contributed by atoms with Crippen LogP contribution in [-0.4, -0.2) is 0 Å². The number of rotatable bonds is 2. The summed E-state index contributed by atoms with van der Waals surface area (Å²) in [6.45, 7) is 8.56. The topological polar surface area (TPSA) is 26.0 Å². The van der Waals surface area contributed by atoms with Crippen LogP contribution in [0, 0.1) is 19.8 Å². The van der Waals surface area contributed by atoms with Gasteiger partial charge in [-0.15, -0.1) is 0 Å². The first-order chi connectivity index (χ1) is 6.02. The van der Waals surface area contributed by atoms with Gasteiger partial charge >= 0.3 is 0 Å². The smallest absolute Gasteiger partial charge is 0.0318 e. The summed E-state index contributed by atoms with van der Waals surface area (Å²) in [6.07, 6.45) is 0. The first-order valence-corrected chi connectivity index (χ1v) is 4.85. The molecule has 0 aromatic heterocycles. The molecule has 0 saturated heterocycles. The molecule has 0 aliphatic heterocycles. The maximum absolute atomic E-state index is 6.06. The van der Waals surface area contributed by atoms with Crippen molar-refractivity contribution in [2.24, 2.45) is 11.7 Å². The lowest BCUT2D eigenvalue weighted by molar-refractivity contribution is 0.514. The second kappa shape index (κ2) is 3.93. The number of hydrogen-bond acceptors (Lipinski definition) is 1. The molecule has 0 saturated carbocycles. The molecule has 1 heteroatoms. The maximum Gasteiger partial charge on any atom is 0.0318 e. The zero-order chi connectivity index (χ0) is 10.0. The van der Waals surface area contributed by atoms with Gasteiger partial charge in [-0.2, -0.15) is 0 Å². The summed E-state index contributed by atoms with van der Waals surface area (Å²) in [5.41, 5.74) is 9.97. The summed E-state index contributed by atoms with van der Waals surface area (Å²) in [4.78, 5) is 0. The van der Waals surface area contributed by atoms with Gasteiger partial charge in [-0.05, 0) is 36.5 Å². The summed E-state index contributed by atoms with van der Waals surface area (Å²) in [7, 11) is 0. The molecule has 0 radical (unpaired) electrons. The van der Waals surface area contributed by atoms with E-state index in [9.17, 15) is 0 Å². The second-order valence-corrected chi connectivity index (χ2v) is 4.11. The van der Waals surface area contributed by atoms with E-state index in [1.54, 1.807) is 0 Å². The van der Waals surface area contributed by atoms with E-state index in [0.717, 1.165) is 0 Å². The molecule has 1 aromatic carbocycles.